The lowest BCUT2D eigenvalue weighted by molar-refractivity contribution is 0.235. The van der Waals surface area contributed by atoms with E-state index in [9.17, 15) is 9.18 Å². The topological polar surface area (TPSA) is 53.6 Å². The van der Waals surface area contributed by atoms with Gasteiger partial charge in [-0.05, 0) is 76.4 Å². The van der Waals surface area contributed by atoms with E-state index in [2.05, 4.69) is 15.5 Å². The van der Waals surface area contributed by atoms with E-state index in [-0.39, 0.29) is 17.9 Å². The Hall–Kier alpha value is -1.82. The monoisotopic (exact) mass is 349 g/mol. The molecule has 2 N–H and O–H groups in total. The number of hydrogen-bond donors (Lipinski definition) is 2. The molecule has 1 atom stereocenters. The van der Waals surface area contributed by atoms with Crippen LogP contribution in [0.15, 0.2) is 18.2 Å². The van der Waals surface area contributed by atoms with Crippen LogP contribution in [0.5, 0.6) is 5.75 Å². The fourth-order valence-electron chi connectivity index (χ4n) is 3.58. The number of unbranched alkanes of at least 4 members (excludes halogenated alkanes) is 1. The number of amides is 2. The number of hydrogen-bond acceptors (Lipinski definition) is 3. The van der Waals surface area contributed by atoms with Crippen molar-refractivity contribution in [3.63, 3.8) is 0 Å². The smallest absolute Gasteiger partial charge is 0.315 e. The van der Waals surface area contributed by atoms with E-state index in [0.29, 0.717) is 18.9 Å². The van der Waals surface area contributed by atoms with Crippen LogP contribution in [0.1, 0.15) is 50.1 Å². The number of halogens is 1. The summed E-state index contributed by atoms with van der Waals surface area (Å²) in [5, 5.41) is 5.89. The predicted octanol–water partition coefficient (Wildman–Crippen LogP) is 3.21. The number of fused-ring (bicyclic) bond motifs is 1. The Morgan fingerprint density at radius 3 is 2.92 bits per heavy atom. The number of nitrogens with one attached hydrogen (secondary N) is 2. The second-order valence-electron chi connectivity index (χ2n) is 6.88. The summed E-state index contributed by atoms with van der Waals surface area (Å²) in [6.45, 7) is 4.81. The molecule has 1 saturated heterocycles. The molecule has 0 aromatic heterocycles. The molecule has 1 fully saturated rings. The first-order valence-corrected chi connectivity index (χ1v) is 9.41. The molecule has 2 heterocycles. The molecule has 138 valence electrons. The van der Waals surface area contributed by atoms with E-state index in [4.69, 9.17) is 4.74 Å². The molecule has 2 aliphatic rings. The van der Waals surface area contributed by atoms with E-state index in [1.54, 1.807) is 6.07 Å². The van der Waals surface area contributed by atoms with E-state index >= 15 is 0 Å². The minimum absolute atomic E-state index is 0.191. The van der Waals surface area contributed by atoms with Crippen LogP contribution in [0.4, 0.5) is 9.18 Å². The van der Waals surface area contributed by atoms with Crippen LogP contribution in [-0.4, -0.2) is 43.7 Å². The summed E-state index contributed by atoms with van der Waals surface area (Å²) in [4.78, 5) is 14.7. The average molecular weight is 349 g/mol. The zero-order valence-electron chi connectivity index (χ0n) is 14.7. The second-order valence-corrected chi connectivity index (χ2v) is 6.88. The second kappa shape index (κ2) is 9.04. The van der Waals surface area contributed by atoms with Gasteiger partial charge < -0.3 is 20.3 Å². The van der Waals surface area contributed by atoms with Gasteiger partial charge in [0.15, 0.2) is 0 Å². The first-order valence-electron chi connectivity index (χ1n) is 9.41. The molecule has 0 bridgehead atoms. The summed E-state index contributed by atoms with van der Waals surface area (Å²) in [7, 11) is 0. The molecule has 0 saturated carbocycles. The zero-order chi connectivity index (χ0) is 17.5. The van der Waals surface area contributed by atoms with Crippen molar-refractivity contribution in [1.82, 2.24) is 15.5 Å². The molecule has 0 unspecified atom stereocenters. The molecule has 2 aliphatic heterocycles. The van der Waals surface area contributed by atoms with Crippen molar-refractivity contribution in [1.29, 1.82) is 0 Å². The number of likely N-dealkylation sites (tertiary alicyclic amines) is 1. The molecule has 2 amide bonds. The molecule has 5 nitrogen and oxygen atoms in total. The van der Waals surface area contributed by atoms with Crippen molar-refractivity contribution in [3.05, 3.63) is 29.6 Å². The maximum atomic E-state index is 13.6. The van der Waals surface area contributed by atoms with Crippen molar-refractivity contribution < 1.29 is 13.9 Å². The molecule has 1 aromatic rings. The Kier molecular flexibility index (Phi) is 6.50. The van der Waals surface area contributed by atoms with Gasteiger partial charge in [-0.2, -0.15) is 0 Å². The van der Waals surface area contributed by atoms with Gasteiger partial charge in [-0.1, -0.05) is 0 Å². The van der Waals surface area contributed by atoms with Gasteiger partial charge in [0.1, 0.15) is 11.6 Å². The van der Waals surface area contributed by atoms with Crippen molar-refractivity contribution in [2.45, 2.75) is 44.6 Å². The number of carbonyl (C=O) groups is 1. The van der Waals surface area contributed by atoms with E-state index in [1.807, 2.05) is 0 Å². The van der Waals surface area contributed by atoms with Gasteiger partial charge in [-0.25, -0.2) is 9.18 Å². The summed E-state index contributed by atoms with van der Waals surface area (Å²) >= 11 is 0. The third-order valence-corrected chi connectivity index (χ3v) is 4.93. The number of ether oxygens (including phenoxy) is 1. The van der Waals surface area contributed by atoms with Gasteiger partial charge in [0, 0.05) is 12.1 Å². The zero-order valence-corrected chi connectivity index (χ0v) is 14.7. The van der Waals surface area contributed by atoms with E-state index in [0.717, 1.165) is 37.8 Å². The third kappa shape index (κ3) is 5.33. The van der Waals surface area contributed by atoms with Crippen molar-refractivity contribution in [2.75, 3.05) is 32.8 Å². The average Bonchev–Trinajstić information content (AvgIpc) is 3.04. The Morgan fingerprint density at radius 2 is 2.08 bits per heavy atom. The Morgan fingerprint density at radius 1 is 1.24 bits per heavy atom. The van der Waals surface area contributed by atoms with Crippen LogP contribution in [0.2, 0.25) is 0 Å². The summed E-state index contributed by atoms with van der Waals surface area (Å²) in [5.74, 6) is 0.355. The molecule has 1 aromatic carbocycles. The fraction of sp³-hybridized carbons (Fsp3) is 0.632. The Balaban J connectivity index is 1.42. The highest BCUT2D eigenvalue weighted by Gasteiger charge is 2.22. The first kappa shape index (κ1) is 18.0. The number of benzene rings is 1. The molecule has 0 spiro atoms. The van der Waals surface area contributed by atoms with Crippen molar-refractivity contribution in [2.24, 2.45) is 0 Å². The minimum atomic E-state index is -0.307. The predicted molar refractivity (Wildman–Crippen MR) is 95.3 cm³/mol. The first-order chi connectivity index (χ1) is 12.2. The van der Waals surface area contributed by atoms with Gasteiger partial charge in [-0.15, -0.1) is 0 Å². The molecule has 0 aliphatic carbocycles. The van der Waals surface area contributed by atoms with Crippen LogP contribution in [-0.2, 0) is 0 Å². The SMILES string of the molecule is O=C(NCCCCN1CCCC1)N[C@H]1CCCOc2ccc(F)cc21. The molecule has 0 radical (unpaired) electrons. The van der Waals surface area contributed by atoms with Crippen LogP contribution in [0, 0.1) is 5.82 Å². The van der Waals surface area contributed by atoms with Gasteiger partial charge >= 0.3 is 6.03 Å². The number of rotatable bonds is 6. The van der Waals surface area contributed by atoms with Crippen LogP contribution in [0.3, 0.4) is 0 Å². The quantitative estimate of drug-likeness (QED) is 0.776. The van der Waals surface area contributed by atoms with Gasteiger partial charge in [0.25, 0.3) is 0 Å². The van der Waals surface area contributed by atoms with Crippen molar-refractivity contribution in [3.8, 4) is 5.75 Å². The number of urea groups is 1. The number of carbonyl (C=O) groups excluding carboxylic acids is 1. The summed E-state index contributed by atoms with van der Waals surface area (Å²) < 4.78 is 19.2. The Labute approximate surface area is 148 Å². The minimum Gasteiger partial charge on any atom is -0.493 e. The highest BCUT2D eigenvalue weighted by molar-refractivity contribution is 5.74. The molecule has 3 rings (SSSR count). The van der Waals surface area contributed by atoms with Crippen LogP contribution in [0.25, 0.3) is 0 Å². The lowest BCUT2D eigenvalue weighted by atomic mass is 10.0. The van der Waals surface area contributed by atoms with E-state index < -0.39 is 0 Å². The highest BCUT2D eigenvalue weighted by Crippen LogP contribution is 2.31. The molecule has 6 heteroatoms. The standard InChI is InChI=1S/C19H28FN3O2/c20-15-7-8-18-16(14-15)17(6-5-13-25-18)22-19(24)21-9-1-2-10-23-11-3-4-12-23/h7-8,14,17H,1-6,9-13H2,(H2,21,22,24)/t17-/m0/s1. The Bertz CT molecular complexity index is 576. The van der Waals surface area contributed by atoms with Gasteiger partial charge in [0.2, 0.25) is 0 Å². The third-order valence-electron chi connectivity index (χ3n) is 4.93. The van der Waals surface area contributed by atoms with Gasteiger partial charge in [0.05, 0.1) is 12.6 Å². The van der Waals surface area contributed by atoms with Gasteiger partial charge in [-0.3, -0.25) is 0 Å². The largest absolute Gasteiger partial charge is 0.493 e. The number of nitrogens with zero attached hydrogens (tertiary/aromatic N) is 1. The summed E-state index contributed by atoms with van der Waals surface area (Å²) in [5.41, 5.74) is 0.724. The lowest BCUT2D eigenvalue weighted by Gasteiger charge is -2.19. The maximum absolute atomic E-state index is 13.6. The molecule has 25 heavy (non-hydrogen) atoms. The summed E-state index contributed by atoms with van der Waals surface area (Å²) in [6, 6.07) is 4.09. The van der Waals surface area contributed by atoms with E-state index in [1.165, 1.54) is 38.1 Å². The highest BCUT2D eigenvalue weighted by atomic mass is 19.1. The maximum Gasteiger partial charge on any atom is 0.315 e. The summed E-state index contributed by atoms with van der Waals surface area (Å²) in [6.07, 6.45) is 6.28. The normalized spacial score (nSPS) is 20.4. The van der Waals surface area contributed by atoms with Crippen LogP contribution >= 0.6 is 0 Å². The lowest BCUT2D eigenvalue weighted by Crippen LogP contribution is -2.38. The molecular formula is C19H28FN3O2. The fourth-order valence-corrected chi connectivity index (χ4v) is 3.58. The van der Waals surface area contributed by atoms with Crippen LogP contribution < -0.4 is 15.4 Å². The van der Waals surface area contributed by atoms with Crippen molar-refractivity contribution >= 4 is 6.03 Å². The molecular weight excluding hydrogens is 321 g/mol.